The van der Waals surface area contributed by atoms with Gasteiger partial charge in [-0.05, 0) is 12.0 Å². The molecule has 72 valence electrons. The standard InChI is InChI=1S/C9H18O3/c1-4-8(11)9(12)7(3)6(2)5-10/h7-12H,2,4-5H2,1,3H3/t7-,8-,9-/m1/s1. The Morgan fingerprint density at radius 2 is 1.92 bits per heavy atom. The maximum atomic E-state index is 9.47. The second-order valence-electron chi connectivity index (χ2n) is 3.07. The quantitative estimate of drug-likeness (QED) is 0.525. The van der Waals surface area contributed by atoms with Crippen LogP contribution in [-0.2, 0) is 0 Å². The molecule has 0 aromatic rings. The second kappa shape index (κ2) is 5.30. The minimum atomic E-state index is -0.824. The Balaban J connectivity index is 4.08. The molecule has 0 aromatic carbocycles. The number of hydrogen-bond acceptors (Lipinski definition) is 3. The first kappa shape index (κ1) is 11.6. The summed E-state index contributed by atoms with van der Waals surface area (Å²) in [4.78, 5) is 0. The molecule has 0 unspecified atom stereocenters. The van der Waals surface area contributed by atoms with E-state index < -0.39 is 12.2 Å². The van der Waals surface area contributed by atoms with E-state index in [1.807, 2.05) is 0 Å². The zero-order valence-electron chi connectivity index (χ0n) is 7.70. The predicted octanol–water partition coefficient (Wildman–Crippen LogP) is 0.303. The summed E-state index contributed by atoms with van der Waals surface area (Å²) >= 11 is 0. The zero-order valence-corrected chi connectivity index (χ0v) is 7.70. The molecule has 3 N–H and O–H groups in total. The molecule has 0 saturated heterocycles. The van der Waals surface area contributed by atoms with Crippen LogP contribution in [0.1, 0.15) is 20.3 Å². The highest BCUT2D eigenvalue weighted by molar-refractivity contribution is 5.02. The molecule has 3 atom stereocenters. The van der Waals surface area contributed by atoms with Crippen molar-refractivity contribution in [2.75, 3.05) is 6.61 Å². The van der Waals surface area contributed by atoms with Gasteiger partial charge in [0, 0.05) is 5.92 Å². The molecular weight excluding hydrogens is 156 g/mol. The van der Waals surface area contributed by atoms with Crippen LogP contribution in [0.3, 0.4) is 0 Å². The largest absolute Gasteiger partial charge is 0.392 e. The number of hydrogen-bond donors (Lipinski definition) is 3. The molecule has 3 heteroatoms. The third-order valence-electron chi connectivity index (χ3n) is 2.17. The van der Waals surface area contributed by atoms with Crippen LogP contribution >= 0.6 is 0 Å². The molecule has 3 nitrogen and oxygen atoms in total. The first-order valence-electron chi connectivity index (χ1n) is 4.19. The molecule has 0 fully saturated rings. The van der Waals surface area contributed by atoms with E-state index >= 15 is 0 Å². The smallest absolute Gasteiger partial charge is 0.0862 e. The van der Waals surface area contributed by atoms with E-state index in [1.165, 1.54) is 0 Å². The van der Waals surface area contributed by atoms with Crippen LogP contribution in [0.15, 0.2) is 12.2 Å². The van der Waals surface area contributed by atoms with Gasteiger partial charge in [-0.25, -0.2) is 0 Å². The molecule has 0 radical (unpaired) electrons. The Bertz CT molecular complexity index is 145. The van der Waals surface area contributed by atoms with Crippen LogP contribution in [0, 0.1) is 5.92 Å². The summed E-state index contributed by atoms with van der Waals surface area (Å²) in [5.74, 6) is -0.259. The van der Waals surface area contributed by atoms with Gasteiger partial charge in [-0.3, -0.25) is 0 Å². The maximum Gasteiger partial charge on any atom is 0.0862 e. The van der Waals surface area contributed by atoms with Crippen LogP contribution < -0.4 is 0 Å². The Morgan fingerprint density at radius 1 is 1.42 bits per heavy atom. The van der Waals surface area contributed by atoms with Crippen molar-refractivity contribution in [2.45, 2.75) is 32.5 Å². The SMILES string of the molecule is C=C(CO)[C@@H](C)[C@@H](O)[C@H](O)CC. The number of aliphatic hydroxyl groups is 3. The minimum Gasteiger partial charge on any atom is -0.392 e. The summed E-state index contributed by atoms with van der Waals surface area (Å²) < 4.78 is 0. The Labute approximate surface area is 73.4 Å². The molecule has 0 bridgehead atoms. The Morgan fingerprint density at radius 3 is 2.25 bits per heavy atom. The van der Waals surface area contributed by atoms with Crippen LogP contribution in [0.5, 0.6) is 0 Å². The fourth-order valence-electron chi connectivity index (χ4n) is 0.960. The van der Waals surface area contributed by atoms with Crippen LogP contribution in [-0.4, -0.2) is 34.1 Å². The first-order valence-corrected chi connectivity index (χ1v) is 4.19. The summed E-state index contributed by atoms with van der Waals surface area (Å²) in [6.07, 6.45) is -1.05. The molecule has 0 saturated carbocycles. The lowest BCUT2D eigenvalue weighted by Crippen LogP contribution is -2.32. The van der Waals surface area contributed by atoms with Crippen molar-refractivity contribution >= 4 is 0 Å². The average Bonchev–Trinajstić information content (AvgIpc) is 2.12. The van der Waals surface area contributed by atoms with Gasteiger partial charge in [0.05, 0.1) is 18.8 Å². The summed E-state index contributed by atoms with van der Waals surface area (Å²) in [5.41, 5.74) is 0.551. The van der Waals surface area contributed by atoms with Crippen molar-refractivity contribution in [3.05, 3.63) is 12.2 Å². The summed E-state index contributed by atoms with van der Waals surface area (Å²) in [6.45, 7) is 6.98. The predicted molar refractivity (Wildman–Crippen MR) is 47.7 cm³/mol. The Kier molecular flexibility index (Phi) is 5.13. The molecule has 0 aromatic heterocycles. The van der Waals surface area contributed by atoms with Crippen molar-refractivity contribution < 1.29 is 15.3 Å². The molecule has 0 heterocycles. The van der Waals surface area contributed by atoms with E-state index in [-0.39, 0.29) is 12.5 Å². The van der Waals surface area contributed by atoms with Crippen molar-refractivity contribution in [3.8, 4) is 0 Å². The third-order valence-corrected chi connectivity index (χ3v) is 2.17. The highest BCUT2D eigenvalue weighted by atomic mass is 16.3. The van der Waals surface area contributed by atoms with Crippen molar-refractivity contribution in [1.29, 1.82) is 0 Å². The van der Waals surface area contributed by atoms with E-state index in [2.05, 4.69) is 6.58 Å². The number of rotatable bonds is 5. The topological polar surface area (TPSA) is 60.7 Å². The zero-order chi connectivity index (χ0) is 9.72. The summed E-state index contributed by atoms with van der Waals surface area (Å²) in [6, 6.07) is 0. The fourth-order valence-corrected chi connectivity index (χ4v) is 0.960. The summed E-state index contributed by atoms with van der Waals surface area (Å²) in [5, 5.41) is 27.5. The van der Waals surface area contributed by atoms with Gasteiger partial charge in [0.25, 0.3) is 0 Å². The lowest BCUT2D eigenvalue weighted by Gasteiger charge is -2.23. The van der Waals surface area contributed by atoms with E-state index in [1.54, 1.807) is 13.8 Å². The van der Waals surface area contributed by atoms with E-state index in [0.29, 0.717) is 12.0 Å². The van der Waals surface area contributed by atoms with Gasteiger partial charge in [0.1, 0.15) is 0 Å². The molecule has 0 rings (SSSR count). The van der Waals surface area contributed by atoms with E-state index in [9.17, 15) is 10.2 Å². The first-order chi connectivity index (χ1) is 5.54. The minimum absolute atomic E-state index is 0.144. The molecule has 0 aliphatic rings. The van der Waals surface area contributed by atoms with Crippen LogP contribution in [0.4, 0.5) is 0 Å². The van der Waals surface area contributed by atoms with Gasteiger partial charge in [0.15, 0.2) is 0 Å². The highest BCUT2D eigenvalue weighted by Crippen LogP contribution is 2.16. The monoisotopic (exact) mass is 174 g/mol. The fraction of sp³-hybridized carbons (Fsp3) is 0.778. The van der Waals surface area contributed by atoms with E-state index in [0.717, 1.165) is 0 Å². The van der Waals surface area contributed by atoms with Gasteiger partial charge in [-0.1, -0.05) is 20.4 Å². The molecule has 0 amide bonds. The maximum absolute atomic E-state index is 9.47. The van der Waals surface area contributed by atoms with E-state index in [4.69, 9.17) is 5.11 Å². The summed E-state index contributed by atoms with van der Waals surface area (Å²) in [7, 11) is 0. The van der Waals surface area contributed by atoms with Crippen molar-refractivity contribution in [2.24, 2.45) is 5.92 Å². The van der Waals surface area contributed by atoms with Gasteiger partial charge >= 0.3 is 0 Å². The molecule has 0 spiro atoms. The molecule has 12 heavy (non-hydrogen) atoms. The van der Waals surface area contributed by atoms with Gasteiger partial charge < -0.3 is 15.3 Å². The second-order valence-corrected chi connectivity index (χ2v) is 3.07. The van der Waals surface area contributed by atoms with Crippen molar-refractivity contribution in [3.63, 3.8) is 0 Å². The lowest BCUT2D eigenvalue weighted by atomic mass is 9.92. The molecular formula is C9H18O3. The van der Waals surface area contributed by atoms with Crippen LogP contribution in [0.2, 0.25) is 0 Å². The number of aliphatic hydroxyl groups excluding tert-OH is 3. The van der Waals surface area contributed by atoms with Gasteiger partial charge in [-0.2, -0.15) is 0 Å². The van der Waals surface area contributed by atoms with Gasteiger partial charge in [0.2, 0.25) is 0 Å². The average molecular weight is 174 g/mol. The lowest BCUT2D eigenvalue weighted by molar-refractivity contribution is -0.00720. The highest BCUT2D eigenvalue weighted by Gasteiger charge is 2.22. The molecule has 0 aliphatic carbocycles. The van der Waals surface area contributed by atoms with Crippen LogP contribution in [0.25, 0.3) is 0 Å². The van der Waals surface area contributed by atoms with Gasteiger partial charge in [-0.15, -0.1) is 0 Å². The third kappa shape index (κ3) is 2.93. The van der Waals surface area contributed by atoms with Crippen molar-refractivity contribution in [1.82, 2.24) is 0 Å². The molecule has 0 aliphatic heterocycles. The normalized spacial score (nSPS) is 18.4. The Hall–Kier alpha value is -0.380.